The van der Waals surface area contributed by atoms with E-state index >= 15 is 0 Å². The van der Waals surface area contributed by atoms with E-state index in [9.17, 15) is 9.18 Å². The zero-order chi connectivity index (χ0) is 19.1. The predicted octanol–water partition coefficient (Wildman–Crippen LogP) is 3.75. The van der Waals surface area contributed by atoms with E-state index in [0.717, 1.165) is 17.3 Å². The summed E-state index contributed by atoms with van der Waals surface area (Å²) in [6, 6.07) is 16.0. The molecule has 0 aliphatic carbocycles. The molecule has 0 atom stereocenters. The lowest BCUT2D eigenvalue weighted by Crippen LogP contribution is -2.19. The molecule has 6 nitrogen and oxygen atoms in total. The van der Waals surface area contributed by atoms with Crippen molar-refractivity contribution in [3.63, 3.8) is 0 Å². The maximum Gasteiger partial charge on any atom is 0.260 e. The number of hydrazone groups is 1. The van der Waals surface area contributed by atoms with Crippen LogP contribution in [-0.2, 0) is 11.2 Å². The fourth-order valence-electron chi connectivity index (χ4n) is 2.14. The normalized spacial score (nSPS) is 10.7. The second kappa shape index (κ2) is 8.86. The Morgan fingerprint density at radius 3 is 2.67 bits per heavy atom. The summed E-state index contributed by atoms with van der Waals surface area (Å²) in [4.78, 5) is 19.0. The van der Waals surface area contributed by atoms with Crippen LogP contribution in [0.3, 0.4) is 0 Å². The molecule has 136 valence electrons. The lowest BCUT2D eigenvalue weighted by atomic mass is 10.1. The molecule has 1 aromatic heterocycles. The maximum absolute atomic E-state index is 13.6. The summed E-state index contributed by atoms with van der Waals surface area (Å²) in [5.74, 6) is -0.821. The van der Waals surface area contributed by atoms with E-state index in [2.05, 4.69) is 20.5 Å². The summed E-state index contributed by atoms with van der Waals surface area (Å²) in [7, 11) is 0. The van der Waals surface area contributed by atoms with E-state index in [1.165, 1.54) is 6.21 Å². The number of carbonyl (C=O) groups excluding carboxylic acids is 1. The van der Waals surface area contributed by atoms with Gasteiger partial charge in [-0.2, -0.15) is 14.5 Å². The molecule has 0 unspecified atom stereocenters. The van der Waals surface area contributed by atoms with Crippen LogP contribution in [0.1, 0.15) is 11.1 Å². The number of amides is 1. The first-order valence-corrected chi connectivity index (χ1v) is 8.30. The molecule has 1 heterocycles. The minimum atomic E-state index is -0.717. The molecule has 0 saturated carbocycles. The molecular formula is C19H14ClFN4O2. The van der Waals surface area contributed by atoms with Gasteiger partial charge in [-0.15, -0.1) is 0 Å². The molecule has 3 aromatic rings. The highest BCUT2D eigenvalue weighted by molar-refractivity contribution is 6.28. The van der Waals surface area contributed by atoms with Crippen molar-refractivity contribution in [2.24, 2.45) is 5.10 Å². The molecule has 0 fully saturated rings. The summed E-state index contributed by atoms with van der Waals surface area (Å²) >= 11 is 5.62. The van der Waals surface area contributed by atoms with Gasteiger partial charge in [-0.25, -0.2) is 10.4 Å². The van der Waals surface area contributed by atoms with Gasteiger partial charge in [0.15, 0.2) is 0 Å². The number of benzene rings is 2. The number of halogens is 2. The number of carbonyl (C=O) groups is 1. The fourth-order valence-corrected chi connectivity index (χ4v) is 2.26. The molecule has 2 aromatic carbocycles. The average molecular weight is 385 g/mol. The smallest absolute Gasteiger partial charge is 0.260 e. The third-order valence-electron chi connectivity index (χ3n) is 3.39. The number of nitrogens with zero attached hydrogens (tertiary/aromatic N) is 3. The van der Waals surface area contributed by atoms with Crippen LogP contribution in [0.25, 0.3) is 0 Å². The van der Waals surface area contributed by atoms with Crippen LogP contribution in [0.5, 0.6) is 11.6 Å². The van der Waals surface area contributed by atoms with Gasteiger partial charge in [0, 0.05) is 0 Å². The Kier molecular flexibility index (Phi) is 6.06. The Balaban J connectivity index is 1.55. The van der Waals surface area contributed by atoms with Crippen molar-refractivity contribution in [2.75, 3.05) is 0 Å². The summed E-state index contributed by atoms with van der Waals surface area (Å²) in [5.41, 5.74) is 4.10. The quantitative estimate of drug-likeness (QED) is 0.399. The van der Waals surface area contributed by atoms with Gasteiger partial charge in [-0.1, -0.05) is 30.3 Å². The van der Waals surface area contributed by atoms with Crippen LogP contribution >= 0.6 is 11.6 Å². The third-order valence-corrected chi connectivity index (χ3v) is 3.57. The van der Waals surface area contributed by atoms with Gasteiger partial charge in [-0.3, -0.25) is 4.79 Å². The summed E-state index contributed by atoms with van der Waals surface area (Å²) in [5, 5.41) is 3.80. The van der Waals surface area contributed by atoms with E-state index in [-0.39, 0.29) is 23.5 Å². The highest BCUT2D eigenvalue weighted by Gasteiger charge is 2.08. The zero-order valence-electron chi connectivity index (χ0n) is 14.0. The molecule has 1 amide bonds. The largest absolute Gasteiger partial charge is 0.436 e. The van der Waals surface area contributed by atoms with Crippen LogP contribution in [0.4, 0.5) is 4.39 Å². The molecule has 27 heavy (non-hydrogen) atoms. The first kappa shape index (κ1) is 18.5. The van der Waals surface area contributed by atoms with Crippen molar-refractivity contribution in [1.29, 1.82) is 0 Å². The molecule has 3 rings (SSSR count). The Hall–Kier alpha value is -3.32. The number of hydrogen-bond acceptors (Lipinski definition) is 5. The topological polar surface area (TPSA) is 76.5 Å². The van der Waals surface area contributed by atoms with Crippen molar-refractivity contribution in [3.05, 3.63) is 83.0 Å². The van der Waals surface area contributed by atoms with Gasteiger partial charge in [-0.05, 0) is 47.0 Å². The zero-order valence-corrected chi connectivity index (χ0v) is 14.7. The van der Waals surface area contributed by atoms with Gasteiger partial charge in [0.25, 0.3) is 5.88 Å². The highest BCUT2D eigenvalue weighted by atomic mass is 35.5. The van der Waals surface area contributed by atoms with Crippen molar-refractivity contribution in [1.82, 2.24) is 15.4 Å². The molecule has 8 heteroatoms. The Morgan fingerprint density at radius 1 is 1.19 bits per heavy atom. The first-order valence-electron chi connectivity index (χ1n) is 7.92. The van der Waals surface area contributed by atoms with E-state index in [0.29, 0.717) is 5.75 Å². The van der Waals surface area contributed by atoms with Crippen LogP contribution in [-0.4, -0.2) is 22.1 Å². The highest BCUT2D eigenvalue weighted by Crippen LogP contribution is 2.22. The SMILES string of the molecule is O=C(Cc1ccccc1)N/N=C/c1ccc(Oc2nc(Cl)ncc2F)cc1. The summed E-state index contributed by atoms with van der Waals surface area (Å²) in [6.45, 7) is 0. The Labute approximate surface area is 159 Å². The Morgan fingerprint density at radius 2 is 1.93 bits per heavy atom. The first-order chi connectivity index (χ1) is 13.1. The van der Waals surface area contributed by atoms with Crippen molar-refractivity contribution >= 4 is 23.7 Å². The fraction of sp³-hybridized carbons (Fsp3) is 0.0526. The van der Waals surface area contributed by atoms with Crippen LogP contribution in [0, 0.1) is 5.82 Å². The molecule has 0 aliphatic rings. The summed E-state index contributed by atoms with van der Waals surface area (Å²) < 4.78 is 18.9. The van der Waals surface area contributed by atoms with Crippen molar-refractivity contribution < 1.29 is 13.9 Å². The van der Waals surface area contributed by atoms with Gasteiger partial charge in [0.1, 0.15) is 5.75 Å². The van der Waals surface area contributed by atoms with Crippen LogP contribution < -0.4 is 10.2 Å². The maximum atomic E-state index is 13.6. The van der Waals surface area contributed by atoms with Gasteiger partial charge in [0.2, 0.25) is 17.0 Å². The van der Waals surface area contributed by atoms with E-state index in [1.54, 1.807) is 24.3 Å². The molecule has 1 N–H and O–H groups in total. The molecule has 0 aliphatic heterocycles. The number of hydrogen-bond donors (Lipinski definition) is 1. The molecule has 0 bridgehead atoms. The number of rotatable bonds is 6. The Bertz CT molecular complexity index is 950. The third kappa shape index (κ3) is 5.58. The van der Waals surface area contributed by atoms with Crippen LogP contribution in [0.2, 0.25) is 5.28 Å². The number of nitrogens with one attached hydrogen (secondary N) is 1. The monoisotopic (exact) mass is 384 g/mol. The molecule has 0 spiro atoms. The minimum absolute atomic E-state index is 0.110. The van der Waals surface area contributed by atoms with Gasteiger partial charge >= 0.3 is 0 Å². The van der Waals surface area contributed by atoms with E-state index in [1.807, 2.05) is 30.3 Å². The van der Waals surface area contributed by atoms with Crippen LogP contribution in [0.15, 0.2) is 65.9 Å². The average Bonchev–Trinajstić information content (AvgIpc) is 2.67. The van der Waals surface area contributed by atoms with Gasteiger partial charge < -0.3 is 4.74 Å². The standard InChI is InChI=1S/C19H14ClFN4O2/c20-19-22-12-16(21)18(24-19)27-15-8-6-14(7-9-15)11-23-25-17(26)10-13-4-2-1-3-5-13/h1-9,11-12H,10H2,(H,25,26)/b23-11+. The lowest BCUT2D eigenvalue weighted by Gasteiger charge is -2.05. The molecular weight excluding hydrogens is 371 g/mol. The molecule has 0 saturated heterocycles. The van der Waals surface area contributed by atoms with Gasteiger partial charge in [0.05, 0.1) is 18.8 Å². The number of aromatic nitrogens is 2. The number of ether oxygens (including phenoxy) is 1. The minimum Gasteiger partial charge on any atom is -0.436 e. The lowest BCUT2D eigenvalue weighted by molar-refractivity contribution is -0.120. The summed E-state index contributed by atoms with van der Waals surface area (Å²) in [6.07, 6.45) is 2.68. The van der Waals surface area contributed by atoms with E-state index in [4.69, 9.17) is 16.3 Å². The second-order valence-electron chi connectivity index (χ2n) is 5.42. The predicted molar refractivity (Wildman–Crippen MR) is 99.4 cm³/mol. The second-order valence-corrected chi connectivity index (χ2v) is 5.76. The van der Waals surface area contributed by atoms with E-state index < -0.39 is 5.82 Å². The molecule has 0 radical (unpaired) electrons. The van der Waals surface area contributed by atoms with Crippen molar-refractivity contribution in [3.8, 4) is 11.6 Å². The van der Waals surface area contributed by atoms with Crippen molar-refractivity contribution in [2.45, 2.75) is 6.42 Å².